The zero-order valence-electron chi connectivity index (χ0n) is 13.7. The Morgan fingerprint density at radius 2 is 1.74 bits per heavy atom. The normalized spacial score (nSPS) is 17.7. The molecule has 118 valence electrons. The maximum atomic E-state index is 13.6. The van der Waals surface area contributed by atoms with E-state index >= 15 is 0 Å². The average molecular weight is 324 g/mol. The molecule has 0 bridgehead atoms. The van der Waals surface area contributed by atoms with Crippen molar-refractivity contribution >= 4 is 23.8 Å². The Labute approximate surface area is 143 Å². The summed E-state index contributed by atoms with van der Waals surface area (Å²) in [4.78, 5) is 0.997. The van der Waals surface area contributed by atoms with Gasteiger partial charge in [0.1, 0.15) is 5.82 Å². The summed E-state index contributed by atoms with van der Waals surface area (Å²) >= 11 is 4.56. The van der Waals surface area contributed by atoms with Crippen LogP contribution in [0.3, 0.4) is 0 Å². The minimum Gasteiger partial charge on any atom is -0.207 e. The van der Waals surface area contributed by atoms with Gasteiger partial charge < -0.3 is 0 Å². The van der Waals surface area contributed by atoms with Gasteiger partial charge in [-0.15, -0.1) is 12.6 Å². The van der Waals surface area contributed by atoms with Gasteiger partial charge in [-0.3, -0.25) is 0 Å². The summed E-state index contributed by atoms with van der Waals surface area (Å²) in [6.07, 6.45) is 5.40. The number of allylic oxidation sites excluding steroid dienone is 4. The van der Waals surface area contributed by atoms with Crippen LogP contribution in [0.25, 0.3) is 11.1 Å². The molecule has 0 N–H and O–H groups in total. The summed E-state index contributed by atoms with van der Waals surface area (Å²) in [5.41, 5.74) is 6.63. The van der Waals surface area contributed by atoms with E-state index in [0.29, 0.717) is 11.5 Å². The van der Waals surface area contributed by atoms with Crippen LogP contribution in [-0.2, 0) is 0 Å². The molecule has 0 saturated heterocycles. The molecule has 3 rings (SSSR count). The zero-order chi connectivity index (χ0) is 16.6. The lowest BCUT2D eigenvalue weighted by Crippen LogP contribution is -2.02. The number of rotatable bonds is 2. The first-order chi connectivity index (χ1) is 11.0. The Bertz CT molecular complexity index is 815. The Morgan fingerprint density at radius 3 is 2.43 bits per heavy atom. The first-order valence-corrected chi connectivity index (χ1v) is 8.38. The summed E-state index contributed by atoms with van der Waals surface area (Å²) in [7, 11) is 0. The van der Waals surface area contributed by atoms with E-state index in [1.165, 1.54) is 22.3 Å². The Kier molecular flexibility index (Phi) is 4.45. The van der Waals surface area contributed by atoms with Gasteiger partial charge in [-0.25, -0.2) is 4.39 Å². The first kappa shape index (κ1) is 16.1. The molecule has 2 heteroatoms. The number of benzene rings is 2. The molecule has 0 saturated carbocycles. The van der Waals surface area contributed by atoms with Crippen LogP contribution in [0.2, 0.25) is 0 Å². The molecule has 1 aliphatic rings. The molecule has 23 heavy (non-hydrogen) atoms. The van der Waals surface area contributed by atoms with Gasteiger partial charge in [0.25, 0.3) is 0 Å². The summed E-state index contributed by atoms with van der Waals surface area (Å²) in [6, 6.07) is 11.8. The average Bonchev–Trinajstić information content (AvgIpc) is 2.53. The van der Waals surface area contributed by atoms with Crippen molar-refractivity contribution in [3.63, 3.8) is 0 Å². The van der Waals surface area contributed by atoms with E-state index in [9.17, 15) is 4.39 Å². The molecule has 0 aliphatic heterocycles. The number of aryl methyl sites for hydroxylation is 2. The van der Waals surface area contributed by atoms with Gasteiger partial charge in [0, 0.05) is 4.90 Å². The van der Waals surface area contributed by atoms with Gasteiger partial charge in [0.15, 0.2) is 0 Å². The number of hydrogen-bond acceptors (Lipinski definition) is 1. The van der Waals surface area contributed by atoms with E-state index in [1.54, 1.807) is 6.07 Å². The van der Waals surface area contributed by atoms with E-state index in [4.69, 9.17) is 0 Å². The second-order valence-corrected chi connectivity index (χ2v) is 6.88. The predicted octanol–water partition coefficient (Wildman–Crippen LogP) is 6.24. The van der Waals surface area contributed by atoms with Crippen molar-refractivity contribution < 1.29 is 4.39 Å². The molecule has 1 atom stereocenters. The zero-order valence-corrected chi connectivity index (χ0v) is 14.6. The van der Waals surface area contributed by atoms with E-state index < -0.39 is 0 Å². The van der Waals surface area contributed by atoms with Crippen LogP contribution in [0.1, 0.15) is 35.6 Å². The van der Waals surface area contributed by atoms with Gasteiger partial charge in [-0.1, -0.05) is 37.3 Å². The molecule has 0 heterocycles. The highest BCUT2D eigenvalue weighted by Crippen LogP contribution is 2.37. The van der Waals surface area contributed by atoms with E-state index in [-0.39, 0.29) is 5.82 Å². The van der Waals surface area contributed by atoms with Crippen LogP contribution in [0, 0.1) is 25.6 Å². The summed E-state index contributed by atoms with van der Waals surface area (Å²) in [5.74, 6) is 0.336. The number of thiol groups is 1. The molecular formula is C21H21FS. The van der Waals surface area contributed by atoms with Crippen LogP contribution in [0.15, 0.2) is 53.4 Å². The SMILES string of the molecule is Cc1cc(C2=C(c3ccc(C)c(S)c3)C=CC(C)C2)ccc1F. The second-order valence-electron chi connectivity index (χ2n) is 6.40. The summed E-state index contributed by atoms with van der Waals surface area (Å²) in [5, 5.41) is 0. The minimum absolute atomic E-state index is 0.150. The van der Waals surface area contributed by atoms with Gasteiger partial charge in [-0.2, -0.15) is 0 Å². The third kappa shape index (κ3) is 3.28. The van der Waals surface area contributed by atoms with Gasteiger partial charge in [0.05, 0.1) is 0 Å². The maximum absolute atomic E-state index is 13.6. The smallest absolute Gasteiger partial charge is 0.126 e. The van der Waals surface area contributed by atoms with Crippen LogP contribution >= 0.6 is 12.6 Å². The molecule has 0 fully saturated rings. The number of hydrogen-bond donors (Lipinski definition) is 1. The summed E-state index contributed by atoms with van der Waals surface area (Å²) in [6.45, 7) is 6.09. The van der Waals surface area contributed by atoms with E-state index in [0.717, 1.165) is 16.9 Å². The molecule has 0 amide bonds. The van der Waals surface area contributed by atoms with Gasteiger partial charge >= 0.3 is 0 Å². The molecule has 0 radical (unpaired) electrons. The standard InChI is InChI=1S/C21H21FS/c1-13-4-8-18(17-6-5-14(2)21(23)12-17)19(10-13)16-7-9-20(22)15(3)11-16/h4-9,11-13,23H,10H2,1-3H3. The highest BCUT2D eigenvalue weighted by Gasteiger charge is 2.17. The highest BCUT2D eigenvalue weighted by molar-refractivity contribution is 7.80. The Morgan fingerprint density at radius 1 is 1.00 bits per heavy atom. The minimum atomic E-state index is -0.150. The fraction of sp³-hybridized carbons (Fsp3) is 0.238. The Balaban J connectivity index is 2.17. The third-order valence-electron chi connectivity index (χ3n) is 4.47. The molecule has 0 nitrogen and oxygen atoms in total. The van der Waals surface area contributed by atoms with Crippen molar-refractivity contribution in [2.75, 3.05) is 0 Å². The largest absolute Gasteiger partial charge is 0.207 e. The molecule has 0 spiro atoms. The fourth-order valence-electron chi connectivity index (χ4n) is 3.01. The van der Waals surface area contributed by atoms with Crippen LogP contribution < -0.4 is 0 Å². The lowest BCUT2D eigenvalue weighted by molar-refractivity contribution is 0.618. The quantitative estimate of drug-likeness (QED) is 0.621. The highest BCUT2D eigenvalue weighted by atomic mass is 32.1. The lowest BCUT2D eigenvalue weighted by atomic mass is 9.83. The second kappa shape index (κ2) is 6.37. The van der Waals surface area contributed by atoms with Crippen LogP contribution in [0.4, 0.5) is 4.39 Å². The van der Waals surface area contributed by atoms with E-state index in [2.05, 4.69) is 56.8 Å². The molecule has 1 unspecified atom stereocenters. The topological polar surface area (TPSA) is 0 Å². The molecular weight excluding hydrogens is 303 g/mol. The van der Waals surface area contributed by atoms with Gasteiger partial charge in [0.2, 0.25) is 0 Å². The molecule has 1 aliphatic carbocycles. The number of halogens is 1. The van der Waals surface area contributed by atoms with Crippen LogP contribution in [0.5, 0.6) is 0 Å². The molecule has 0 aromatic heterocycles. The van der Waals surface area contributed by atoms with Crippen molar-refractivity contribution in [2.24, 2.45) is 5.92 Å². The third-order valence-corrected chi connectivity index (χ3v) is 4.95. The van der Waals surface area contributed by atoms with E-state index in [1.807, 2.05) is 19.1 Å². The maximum Gasteiger partial charge on any atom is 0.126 e. The van der Waals surface area contributed by atoms with Crippen molar-refractivity contribution in [3.8, 4) is 0 Å². The van der Waals surface area contributed by atoms with Crippen molar-refractivity contribution in [2.45, 2.75) is 32.1 Å². The monoisotopic (exact) mass is 324 g/mol. The van der Waals surface area contributed by atoms with Crippen molar-refractivity contribution in [1.29, 1.82) is 0 Å². The lowest BCUT2D eigenvalue weighted by Gasteiger charge is -2.22. The molecule has 2 aromatic carbocycles. The fourth-order valence-corrected chi connectivity index (χ4v) is 3.23. The Hall–Kier alpha value is -1.80. The summed E-state index contributed by atoms with van der Waals surface area (Å²) < 4.78 is 13.6. The van der Waals surface area contributed by atoms with Crippen LogP contribution in [-0.4, -0.2) is 0 Å². The predicted molar refractivity (Wildman–Crippen MR) is 99.3 cm³/mol. The first-order valence-electron chi connectivity index (χ1n) is 7.93. The van der Waals surface area contributed by atoms with Gasteiger partial charge in [-0.05, 0) is 77.8 Å². The van der Waals surface area contributed by atoms with Crippen molar-refractivity contribution in [3.05, 3.63) is 76.6 Å². The molecule has 2 aromatic rings. The van der Waals surface area contributed by atoms with Crippen molar-refractivity contribution in [1.82, 2.24) is 0 Å².